The van der Waals surface area contributed by atoms with Gasteiger partial charge in [-0.05, 0) is 17.7 Å². The van der Waals surface area contributed by atoms with Gasteiger partial charge in [0.05, 0.1) is 6.04 Å². The molecule has 5 heteroatoms. The van der Waals surface area contributed by atoms with E-state index in [-0.39, 0.29) is 24.4 Å². The van der Waals surface area contributed by atoms with Gasteiger partial charge in [0.25, 0.3) is 0 Å². The van der Waals surface area contributed by atoms with Gasteiger partial charge in [-0.1, -0.05) is 6.07 Å². The fraction of sp³-hybridized carbons (Fsp3) is 0.364. The molecule has 1 fully saturated rings. The fourth-order valence-electron chi connectivity index (χ4n) is 2.07. The summed E-state index contributed by atoms with van der Waals surface area (Å²) < 4.78 is 25.8. The molecule has 16 heavy (non-hydrogen) atoms. The lowest BCUT2D eigenvalue weighted by Gasteiger charge is -2.23. The van der Waals surface area contributed by atoms with Crippen LogP contribution in [0, 0.1) is 11.6 Å². The number of carbonyl (C=O) groups excluding carboxylic acids is 1. The van der Waals surface area contributed by atoms with Crippen LogP contribution in [0.4, 0.5) is 8.78 Å². The van der Waals surface area contributed by atoms with Crippen molar-refractivity contribution in [2.75, 3.05) is 7.05 Å². The van der Waals surface area contributed by atoms with E-state index in [0.29, 0.717) is 5.56 Å². The van der Waals surface area contributed by atoms with Gasteiger partial charge in [0.15, 0.2) is 11.6 Å². The smallest absolute Gasteiger partial charge is 0.224 e. The highest BCUT2D eigenvalue weighted by molar-refractivity contribution is 5.80. The summed E-state index contributed by atoms with van der Waals surface area (Å²) in [7, 11) is 1.61. The summed E-state index contributed by atoms with van der Waals surface area (Å²) in [5, 5.41) is 0. The standard InChI is InChI=1S/C11H12F2N2O/c1-15-10(16)5-9(14)11(15)6-2-3-7(12)8(13)4-6/h2-4,9,11H,5,14H2,1H3. The third-order valence-electron chi connectivity index (χ3n) is 2.91. The number of halogens is 2. The van der Waals surface area contributed by atoms with E-state index in [1.807, 2.05) is 0 Å². The molecular formula is C11H12F2N2O. The van der Waals surface area contributed by atoms with E-state index in [4.69, 9.17) is 5.73 Å². The van der Waals surface area contributed by atoms with Gasteiger partial charge in [0.1, 0.15) is 0 Å². The Bertz CT molecular complexity index is 436. The van der Waals surface area contributed by atoms with Crippen LogP contribution in [0.25, 0.3) is 0 Å². The zero-order valence-corrected chi connectivity index (χ0v) is 8.78. The van der Waals surface area contributed by atoms with Crippen molar-refractivity contribution in [3.63, 3.8) is 0 Å². The number of rotatable bonds is 1. The molecule has 0 aliphatic carbocycles. The van der Waals surface area contributed by atoms with Gasteiger partial charge in [-0.2, -0.15) is 0 Å². The lowest BCUT2D eigenvalue weighted by Crippen LogP contribution is -2.30. The molecule has 1 aliphatic heterocycles. The molecule has 1 aliphatic rings. The lowest BCUT2D eigenvalue weighted by molar-refractivity contribution is -0.127. The van der Waals surface area contributed by atoms with Crippen molar-refractivity contribution >= 4 is 5.91 Å². The van der Waals surface area contributed by atoms with Crippen molar-refractivity contribution in [2.24, 2.45) is 5.73 Å². The first-order valence-electron chi connectivity index (χ1n) is 4.97. The average Bonchev–Trinajstić information content (AvgIpc) is 2.47. The SMILES string of the molecule is CN1C(=O)CC(N)C1c1ccc(F)c(F)c1. The molecule has 1 aromatic rings. The number of hydrogen-bond donors (Lipinski definition) is 1. The fourth-order valence-corrected chi connectivity index (χ4v) is 2.07. The predicted molar refractivity (Wildman–Crippen MR) is 54.5 cm³/mol. The second-order valence-corrected chi connectivity index (χ2v) is 3.99. The molecule has 1 saturated heterocycles. The minimum absolute atomic E-state index is 0.0813. The molecule has 0 radical (unpaired) electrons. The molecule has 2 N–H and O–H groups in total. The van der Waals surface area contributed by atoms with Crippen molar-refractivity contribution in [3.05, 3.63) is 35.4 Å². The number of nitrogens with zero attached hydrogens (tertiary/aromatic N) is 1. The average molecular weight is 226 g/mol. The number of amides is 1. The first kappa shape index (κ1) is 11.0. The van der Waals surface area contributed by atoms with Crippen molar-refractivity contribution in [1.82, 2.24) is 4.90 Å². The number of benzene rings is 1. The minimum atomic E-state index is -0.919. The van der Waals surface area contributed by atoms with Gasteiger partial charge in [-0.15, -0.1) is 0 Å². The first-order chi connectivity index (χ1) is 7.50. The normalized spacial score (nSPS) is 25.2. The molecule has 2 rings (SSSR count). The largest absolute Gasteiger partial charge is 0.337 e. The van der Waals surface area contributed by atoms with Gasteiger partial charge in [0.2, 0.25) is 5.91 Å². The minimum Gasteiger partial charge on any atom is -0.337 e. The second-order valence-electron chi connectivity index (χ2n) is 3.99. The Morgan fingerprint density at radius 3 is 2.56 bits per heavy atom. The van der Waals surface area contributed by atoms with E-state index < -0.39 is 11.6 Å². The molecule has 86 valence electrons. The van der Waals surface area contributed by atoms with Crippen LogP contribution < -0.4 is 5.73 Å². The molecule has 0 saturated carbocycles. The maximum atomic E-state index is 13.1. The van der Waals surface area contributed by atoms with Crippen LogP contribution in [0.5, 0.6) is 0 Å². The van der Waals surface area contributed by atoms with Crippen molar-refractivity contribution in [2.45, 2.75) is 18.5 Å². The summed E-state index contributed by atoms with van der Waals surface area (Å²) in [5.74, 6) is -1.90. The number of carbonyl (C=O) groups is 1. The Hall–Kier alpha value is -1.49. The second kappa shape index (κ2) is 3.83. The Labute approximate surface area is 91.8 Å². The summed E-state index contributed by atoms with van der Waals surface area (Å²) >= 11 is 0. The predicted octanol–water partition coefficient (Wildman–Crippen LogP) is 1.20. The van der Waals surface area contributed by atoms with Crippen LogP contribution >= 0.6 is 0 Å². The van der Waals surface area contributed by atoms with Crippen molar-refractivity contribution < 1.29 is 13.6 Å². The molecule has 3 nitrogen and oxygen atoms in total. The van der Waals surface area contributed by atoms with Crippen LogP contribution in [-0.2, 0) is 4.79 Å². The summed E-state index contributed by atoms with van der Waals surface area (Å²) in [6.07, 6.45) is 0.236. The van der Waals surface area contributed by atoms with E-state index in [1.165, 1.54) is 11.0 Å². The lowest BCUT2D eigenvalue weighted by atomic mass is 10.0. The molecule has 2 unspecified atom stereocenters. The molecular weight excluding hydrogens is 214 g/mol. The summed E-state index contributed by atoms with van der Waals surface area (Å²) in [5.41, 5.74) is 6.33. The van der Waals surface area contributed by atoms with Gasteiger partial charge >= 0.3 is 0 Å². The molecule has 1 heterocycles. The van der Waals surface area contributed by atoms with E-state index in [2.05, 4.69) is 0 Å². The maximum Gasteiger partial charge on any atom is 0.224 e. The topological polar surface area (TPSA) is 46.3 Å². The van der Waals surface area contributed by atoms with Gasteiger partial charge < -0.3 is 10.6 Å². The highest BCUT2D eigenvalue weighted by atomic mass is 19.2. The van der Waals surface area contributed by atoms with Crippen LogP contribution in [0.3, 0.4) is 0 Å². The molecule has 1 aromatic carbocycles. The van der Waals surface area contributed by atoms with Crippen LogP contribution in [-0.4, -0.2) is 23.9 Å². The Morgan fingerprint density at radius 2 is 2.06 bits per heavy atom. The Balaban J connectivity index is 2.37. The zero-order chi connectivity index (χ0) is 11.9. The van der Waals surface area contributed by atoms with Crippen molar-refractivity contribution in [3.8, 4) is 0 Å². The molecule has 0 spiro atoms. The van der Waals surface area contributed by atoms with Crippen LogP contribution in [0.15, 0.2) is 18.2 Å². The summed E-state index contributed by atoms with van der Waals surface area (Å²) in [6, 6.07) is 2.85. The highest BCUT2D eigenvalue weighted by Crippen LogP contribution is 2.31. The molecule has 2 atom stereocenters. The number of likely N-dealkylation sites (tertiary alicyclic amines) is 1. The third kappa shape index (κ3) is 1.67. The van der Waals surface area contributed by atoms with Gasteiger partial charge in [0, 0.05) is 19.5 Å². The monoisotopic (exact) mass is 226 g/mol. The zero-order valence-electron chi connectivity index (χ0n) is 8.78. The highest BCUT2D eigenvalue weighted by Gasteiger charge is 2.36. The Morgan fingerprint density at radius 1 is 1.38 bits per heavy atom. The number of nitrogens with two attached hydrogens (primary N) is 1. The van der Waals surface area contributed by atoms with Crippen LogP contribution in [0.1, 0.15) is 18.0 Å². The summed E-state index contributed by atoms with van der Waals surface area (Å²) in [6.45, 7) is 0. The molecule has 0 bridgehead atoms. The van der Waals surface area contributed by atoms with E-state index in [9.17, 15) is 13.6 Å². The van der Waals surface area contributed by atoms with Crippen molar-refractivity contribution in [1.29, 1.82) is 0 Å². The Kier molecular flexibility index (Phi) is 2.63. The maximum absolute atomic E-state index is 13.1. The molecule has 1 amide bonds. The van der Waals surface area contributed by atoms with Crippen LogP contribution in [0.2, 0.25) is 0 Å². The first-order valence-corrected chi connectivity index (χ1v) is 4.97. The number of hydrogen-bond acceptors (Lipinski definition) is 2. The van der Waals surface area contributed by atoms with E-state index in [1.54, 1.807) is 7.05 Å². The third-order valence-corrected chi connectivity index (χ3v) is 2.91. The van der Waals surface area contributed by atoms with E-state index >= 15 is 0 Å². The van der Waals surface area contributed by atoms with E-state index in [0.717, 1.165) is 12.1 Å². The number of likely N-dealkylation sites (N-methyl/N-ethyl adjacent to an activating group) is 1. The van der Waals surface area contributed by atoms with Gasteiger partial charge in [-0.25, -0.2) is 8.78 Å². The summed E-state index contributed by atoms with van der Waals surface area (Å²) in [4.78, 5) is 12.9. The van der Waals surface area contributed by atoms with Gasteiger partial charge in [-0.3, -0.25) is 4.79 Å². The quantitative estimate of drug-likeness (QED) is 0.782. The molecule has 0 aromatic heterocycles.